The zero-order chi connectivity index (χ0) is 16.7. The highest BCUT2D eigenvalue weighted by molar-refractivity contribution is 5.34. The van der Waals surface area contributed by atoms with Crippen LogP contribution >= 0.6 is 0 Å². The van der Waals surface area contributed by atoms with Crippen LogP contribution < -0.4 is 9.47 Å². The van der Waals surface area contributed by atoms with E-state index in [1.165, 1.54) is 24.3 Å². The van der Waals surface area contributed by atoms with Gasteiger partial charge in [0.25, 0.3) is 0 Å². The summed E-state index contributed by atoms with van der Waals surface area (Å²) in [5, 5.41) is 0. The summed E-state index contributed by atoms with van der Waals surface area (Å²) in [4.78, 5) is 0. The van der Waals surface area contributed by atoms with Gasteiger partial charge in [-0.15, -0.1) is 0 Å². The molecule has 2 nitrogen and oxygen atoms in total. The summed E-state index contributed by atoms with van der Waals surface area (Å²) in [7, 11) is 0. The molecule has 0 saturated heterocycles. The first-order valence-corrected chi connectivity index (χ1v) is 7.90. The first-order valence-electron chi connectivity index (χ1n) is 7.90. The quantitative estimate of drug-likeness (QED) is 0.632. The fourth-order valence-electron chi connectivity index (χ4n) is 2.31. The van der Waals surface area contributed by atoms with Crippen LogP contribution in [0.5, 0.6) is 11.5 Å². The molecule has 0 saturated carbocycles. The minimum absolute atomic E-state index is 0.239. The third kappa shape index (κ3) is 5.23. The van der Waals surface area contributed by atoms with Crippen molar-refractivity contribution in [1.82, 2.24) is 0 Å². The summed E-state index contributed by atoms with van der Waals surface area (Å²) < 4.78 is 37.5. The van der Waals surface area contributed by atoms with E-state index in [-0.39, 0.29) is 11.6 Å². The predicted molar refractivity (Wildman–Crippen MR) is 87.1 cm³/mol. The lowest BCUT2D eigenvalue weighted by Crippen LogP contribution is -2.04. The van der Waals surface area contributed by atoms with E-state index >= 15 is 0 Å². The third-order valence-corrected chi connectivity index (χ3v) is 3.59. The van der Waals surface area contributed by atoms with Gasteiger partial charge in [-0.05, 0) is 73.7 Å². The molecule has 23 heavy (non-hydrogen) atoms. The maximum atomic E-state index is 13.1. The molecule has 0 unspecified atom stereocenters. The molecule has 0 atom stereocenters. The lowest BCUT2D eigenvalue weighted by atomic mass is 10.1. The number of rotatable bonds is 8. The fourth-order valence-corrected chi connectivity index (χ4v) is 2.31. The van der Waals surface area contributed by atoms with Gasteiger partial charge >= 0.3 is 0 Å². The summed E-state index contributed by atoms with van der Waals surface area (Å²) in [5.41, 5.74) is 1.67. The van der Waals surface area contributed by atoms with E-state index in [9.17, 15) is 8.78 Å². The van der Waals surface area contributed by atoms with Crippen molar-refractivity contribution in [2.24, 2.45) is 0 Å². The highest BCUT2D eigenvalue weighted by atomic mass is 19.1. The summed E-state index contributed by atoms with van der Waals surface area (Å²) in [5.74, 6) is 0.954. The van der Waals surface area contributed by atoms with Gasteiger partial charge in [0, 0.05) is 0 Å². The van der Waals surface area contributed by atoms with Gasteiger partial charge in [0.1, 0.15) is 23.1 Å². The molecule has 0 spiro atoms. The number of benzene rings is 2. The molecule has 0 heterocycles. The normalized spacial score (nSPS) is 10.6. The smallest absolute Gasteiger partial charge is 0.123 e. The molecule has 0 N–H and O–H groups in total. The van der Waals surface area contributed by atoms with Crippen molar-refractivity contribution in [1.29, 1.82) is 0 Å². The monoisotopic (exact) mass is 320 g/mol. The van der Waals surface area contributed by atoms with E-state index in [1.54, 1.807) is 12.1 Å². The van der Waals surface area contributed by atoms with Crippen LogP contribution in [0, 0.1) is 18.6 Å². The van der Waals surface area contributed by atoms with Crippen LogP contribution in [0.3, 0.4) is 0 Å². The Bertz CT molecular complexity index is 641. The second-order valence-corrected chi connectivity index (χ2v) is 5.42. The number of hydrogen-bond donors (Lipinski definition) is 0. The zero-order valence-corrected chi connectivity index (χ0v) is 13.6. The number of hydrogen-bond acceptors (Lipinski definition) is 2. The van der Waals surface area contributed by atoms with Crippen LogP contribution in [-0.2, 0) is 6.42 Å². The SMILES string of the molecule is CCc1cc(F)ccc1OCCCCOc1ccc(F)cc1C. The van der Waals surface area contributed by atoms with Gasteiger partial charge in [-0.1, -0.05) is 6.92 Å². The van der Waals surface area contributed by atoms with Crippen LogP contribution in [0.1, 0.15) is 30.9 Å². The first kappa shape index (κ1) is 17.3. The maximum Gasteiger partial charge on any atom is 0.123 e. The predicted octanol–water partition coefficient (Wildman–Crippen LogP) is 5.07. The largest absolute Gasteiger partial charge is 0.493 e. The molecule has 0 aliphatic heterocycles. The van der Waals surface area contributed by atoms with Crippen molar-refractivity contribution < 1.29 is 18.3 Å². The Morgan fingerprint density at radius 2 is 1.39 bits per heavy atom. The molecule has 2 aromatic rings. The third-order valence-electron chi connectivity index (χ3n) is 3.59. The summed E-state index contributed by atoms with van der Waals surface area (Å²) in [6, 6.07) is 9.09. The molecule has 0 aliphatic carbocycles. The van der Waals surface area contributed by atoms with Gasteiger partial charge in [0.2, 0.25) is 0 Å². The van der Waals surface area contributed by atoms with Crippen LogP contribution in [0.4, 0.5) is 8.78 Å². The van der Waals surface area contributed by atoms with E-state index in [0.717, 1.165) is 36.1 Å². The van der Waals surface area contributed by atoms with Gasteiger partial charge in [-0.25, -0.2) is 8.78 Å². The Labute approximate surface area is 136 Å². The van der Waals surface area contributed by atoms with E-state index in [2.05, 4.69) is 0 Å². The number of unbranched alkanes of at least 4 members (excludes halogenated alkanes) is 1. The number of ether oxygens (including phenoxy) is 2. The highest BCUT2D eigenvalue weighted by Crippen LogP contribution is 2.21. The zero-order valence-electron chi connectivity index (χ0n) is 13.6. The molecular formula is C19H22F2O2. The standard InChI is InChI=1S/C19H22F2O2/c1-3-15-13-17(21)7-9-19(15)23-11-5-4-10-22-18-8-6-16(20)12-14(18)2/h6-9,12-13H,3-5,10-11H2,1-2H3. The van der Waals surface area contributed by atoms with E-state index in [1.807, 2.05) is 13.8 Å². The lowest BCUT2D eigenvalue weighted by molar-refractivity contribution is 0.264. The molecular weight excluding hydrogens is 298 g/mol. The average Bonchev–Trinajstić information content (AvgIpc) is 2.53. The number of halogens is 2. The molecule has 2 aromatic carbocycles. The highest BCUT2D eigenvalue weighted by Gasteiger charge is 2.04. The average molecular weight is 320 g/mol. The van der Waals surface area contributed by atoms with Gasteiger partial charge in [0.15, 0.2) is 0 Å². The van der Waals surface area contributed by atoms with Crippen molar-refractivity contribution in [2.75, 3.05) is 13.2 Å². The molecule has 2 rings (SSSR count). The Hall–Kier alpha value is -2.10. The summed E-state index contributed by atoms with van der Waals surface area (Å²) >= 11 is 0. The molecule has 0 radical (unpaired) electrons. The van der Waals surface area contributed by atoms with E-state index in [0.29, 0.717) is 19.0 Å². The summed E-state index contributed by atoms with van der Waals surface area (Å²) in [6.45, 7) is 4.91. The van der Waals surface area contributed by atoms with Crippen molar-refractivity contribution in [3.63, 3.8) is 0 Å². The second-order valence-electron chi connectivity index (χ2n) is 5.42. The van der Waals surface area contributed by atoms with Gasteiger partial charge in [-0.3, -0.25) is 0 Å². The Morgan fingerprint density at radius 3 is 2.00 bits per heavy atom. The van der Waals surface area contributed by atoms with Crippen molar-refractivity contribution in [3.8, 4) is 11.5 Å². The Balaban J connectivity index is 1.70. The topological polar surface area (TPSA) is 18.5 Å². The fraction of sp³-hybridized carbons (Fsp3) is 0.368. The van der Waals surface area contributed by atoms with Gasteiger partial charge in [0.05, 0.1) is 13.2 Å². The van der Waals surface area contributed by atoms with E-state index in [4.69, 9.17) is 9.47 Å². The minimum atomic E-state index is -0.255. The van der Waals surface area contributed by atoms with Crippen LogP contribution in [-0.4, -0.2) is 13.2 Å². The maximum absolute atomic E-state index is 13.1. The first-order chi connectivity index (χ1) is 11.1. The second kappa shape index (κ2) is 8.51. The van der Waals surface area contributed by atoms with Gasteiger partial charge in [-0.2, -0.15) is 0 Å². The van der Waals surface area contributed by atoms with Gasteiger partial charge < -0.3 is 9.47 Å². The molecule has 0 fully saturated rings. The Morgan fingerprint density at radius 1 is 0.826 bits per heavy atom. The summed E-state index contributed by atoms with van der Waals surface area (Å²) in [6.07, 6.45) is 2.40. The molecule has 0 aromatic heterocycles. The molecule has 124 valence electrons. The van der Waals surface area contributed by atoms with Crippen LogP contribution in [0.15, 0.2) is 36.4 Å². The Kier molecular flexibility index (Phi) is 6.39. The van der Waals surface area contributed by atoms with Crippen molar-refractivity contribution in [2.45, 2.75) is 33.1 Å². The molecule has 0 amide bonds. The molecule has 4 heteroatoms. The van der Waals surface area contributed by atoms with E-state index < -0.39 is 0 Å². The molecule has 0 aliphatic rings. The van der Waals surface area contributed by atoms with Crippen molar-refractivity contribution >= 4 is 0 Å². The van der Waals surface area contributed by atoms with Crippen LogP contribution in [0.2, 0.25) is 0 Å². The minimum Gasteiger partial charge on any atom is -0.493 e. The van der Waals surface area contributed by atoms with Crippen molar-refractivity contribution in [3.05, 3.63) is 59.2 Å². The number of aryl methyl sites for hydroxylation is 2. The molecule has 0 bridgehead atoms. The lowest BCUT2D eigenvalue weighted by Gasteiger charge is -2.11. The van der Waals surface area contributed by atoms with Crippen LogP contribution in [0.25, 0.3) is 0 Å².